The molecule has 1 N–H and O–H groups in total. The normalized spacial score (nSPS) is 11.2. The van der Waals surface area contributed by atoms with Gasteiger partial charge in [0.25, 0.3) is 5.56 Å². The van der Waals surface area contributed by atoms with Crippen LogP contribution >= 0.6 is 0 Å². The average Bonchev–Trinajstić information content (AvgIpc) is 3.04. The first-order valence-electron chi connectivity index (χ1n) is 9.50. The van der Waals surface area contributed by atoms with Gasteiger partial charge in [0, 0.05) is 18.8 Å². The second-order valence-corrected chi connectivity index (χ2v) is 7.24. The predicted octanol–water partition coefficient (Wildman–Crippen LogP) is 2.86. The highest BCUT2D eigenvalue weighted by atomic mass is 19.1. The van der Waals surface area contributed by atoms with Gasteiger partial charge in [-0.1, -0.05) is 0 Å². The summed E-state index contributed by atoms with van der Waals surface area (Å²) in [6.45, 7) is 1.15. The third-order valence-electron chi connectivity index (χ3n) is 5.16. The Hall–Kier alpha value is -4.08. The van der Waals surface area contributed by atoms with Gasteiger partial charge in [-0.25, -0.2) is 22.5 Å². The van der Waals surface area contributed by atoms with E-state index in [1.165, 1.54) is 12.1 Å². The van der Waals surface area contributed by atoms with Crippen molar-refractivity contribution in [3.8, 4) is 5.69 Å². The lowest BCUT2D eigenvalue weighted by Gasteiger charge is -2.13. The minimum Gasteiger partial charge on any atom is -0.342 e. The van der Waals surface area contributed by atoms with Gasteiger partial charge >= 0.3 is 5.69 Å². The smallest absolute Gasteiger partial charge is 0.336 e. The first-order valence-corrected chi connectivity index (χ1v) is 9.50. The lowest BCUT2D eigenvalue weighted by molar-refractivity contribution is -0.116. The fourth-order valence-electron chi connectivity index (χ4n) is 3.48. The minimum atomic E-state index is -0.843. The van der Waals surface area contributed by atoms with Crippen molar-refractivity contribution in [2.75, 3.05) is 5.32 Å². The zero-order valence-electron chi connectivity index (χ0n) is 17.0. The second kappa shape index (κ2) is 7.88. The van der Waals surface area contributed by atoms with Crippen molar-refractivity contribution in [1.29, 1.82) is 0 Å². The van der Waals surface area contributed by atoms with Gasteiger partial charge < -0.3 is 9.88 Å². The van der Waals surface area contributed by atoms with Gasteiger partial charge in [-0.15, -0.1) is 0 Å². The average molecular weight is 442 g/mol. The van der Waals surface area contributed by atoms with E-state index in [1.54, 1.807) is 24.6 Å². The summed E-state index contributed by atoms with van der Waals surface area (Å²) in [5, 5.41) is 2.24. The highest BCUT2D eigenvalue weighted by Gasteiger charge is 2.20. The monoisotopic (exact) mass is 442 g/mol. The van der Waals surface area contributed by atoms with Crippen molar-refractivity contribution in [3.05, 3.63) is 92.5 Å². The van der Waals surface area contributed by atoms with Gasteiger partial charge in [0.15, 0.2) is 0 Å². The van der Waals surface area contributed by atoms with Gasteiger partial charge in [0.1, 0.15) is 29.5 Å². The number of benzene rings is 2. The van der Waals surface area contributed by atoms with Crippen molar-refractivity contribution >= 4 is 22.6 Å². The molecule has 7 nitrogen and oxygen atoms in total. The summed E-state index contributed by atoms with van der Waals surface area (Å²) in [7, 11) is 1.63. The van der Waals surface area contributed by atoms with E-state index in [2.05, 4.69) is 5.32 Å². The molecule has 0 atom stereocenters. The number of anilines is 1. The number of amides is 1. The maximum atomic E-state index is 13.9. The first-order chi connectivity index (χ1) is 15.2. The van der Waals surface area contributed by atoms with E-state index in [-0.39, 0.29) is 22.4 Å². The van der Waals surface area contributed by atoms with E-state index in [1.807, 2.05) is 0 Å². The van der Waals surface area contributed by atoms with Crippen LogP contribution in [0.4, 0.5) is 18.9 Å². The molecule has 0 aliphatic carbocycles. The van der Waals surface area contributed by atoms with E-state index >= 15 is 0 Å². The number of halogens is 3. The maximum Gasteiger partial charge on any atom is 0.336 e. The summed E-state index contributed by atoms with van der Waals surface area (Å²) in [6.07, 6.45) is 0. The molecule has 0 unspecified atom stereocenters. The van der Waals surface area contributed by atoms with Gasteiger partial charge in [-0.2, -0.15) is 0 Å². The number of aromatic nitrogens is 3. The highest BCUT2D eigenvalue weighted by Crippen LogP contribution is 2.17. The van der Waals surface area contributed by atoms with Gasteiger partial charge in [0.2, 0.25) is 5.91 Å². The van der Waals surface area contributed by atoms with Crippen LogP contribution in [0, 0.1) is 24.4 Å². The molecule has 2 heterocycles. The molecule has 4 rings (SSSR count). The lowest BCUT2D eigenvalue weighted by Crippen LogP contribution is -2.41. The van der Waals surface area contributed by atoms with Crippen LogP contribution in [0.2, 0.25) is 0 Å². The molecule has 0 fully saturated rings. The molecule has 10 heteroatoms. The molecule has 2 aromatic carbocycles. The van der Waals surface area contributed by atoms with Gasteiger partial charge in [-0.3, -0.25) is 14.2 Å². The number of rotatable bonds is 4. The fraction of sp³-hybridized carbons (Fsp3) is 0.136. The van der Waals surface area contributed by atoms with Crippen molar-refractivity contribution in [3.63, 3.8) is 0 Å². The lowest BCUT2D eigenvalue weighted by atomic mass is 10.3. The van der Waals surface area contributed by atoms with Crippen molar-refractivity contribution in [1.82, 2.24) is 13.7 Å². The Bertz CT molecular complexity index is 1480. The van der Waals surface area contributed by atoms with Crippen LogP contribution in [0.25, 0.3) is 16.7 Å². The number of hydrogen-bond acceptors (Lipinski definition) is 3. The predicted molar refractivity (Wildman–Crippen MR) is 112 cm³/mol. The molecule has 0 saturated heterocycles. The summed E-state index contributed by atoms with van der Waals surface area (Å²) in [4.78, 5) is 39.0. The zero-order valence-corrected chi connectivity index (χ0v) is 17.0. The van der Waals surface area contributed by atoms with E-state index in [0.717, 1.165) is 39.5 Å². The highest BCUT2D eigenvalue weighted by molar-refractivity contribution is 5.91. The summed E-state index contributed by atoms with van der Waals surface area (Å²) in [6, 6.07) is 8.91. The first kappa shape index (κ1) is 21.2. The van der Waals surface area contributed by atoms with Crippen molar-refractivity contribution in [2.24, 2.45) is 7.05 Å². The Morgan fingerprint density at radius 1 is 0.969 bits per heavy atom. The van der Waals surface area contributed by atoms with E-state index in [0.29, 0.717) is 5.69 Å². The Morgan fingerprint density at radius 2 is 1.62 bits per heavy atom. The van der Waals surface area contributed by atoms with Crippen molar-refractivity contribution < 1.29 is 18.0 Å². The second-order valence-electron chi connectivity index (χ2n) is 7.24. The molecule has 32 heavy (non-hydrogen) atoms. The summed E-state index contributed by atoms with van der Waals surface area (Å²) >= 11 is 0. The molecule has 0 radical (unpaired) electrons. The number of nitrogens with one attached hydrogen (secondary N) is 1. The molecular formula is C22H17F3N4O3. The summed E-state index contributed by atoms with van der Waals surface area (Å²) < 4.78 is 44.1. The van der Waals surface area contributed by atoms with Crippen molar-refractivity contribution in [2.45, 2.75) is 13.5 Å². The van der Waals surface area contributed by atoms with Crippen LogP contribution < -0.4 is 16.6 Å². The topological polar surface area (TPSA) is 78.0 Å². The number of carbonyl (C=O) groups excluding carboxylic acids is 1. The Kier molecular flexibility index (Phi) is 5.21. The molecule has 0 bridgehead atoms. The molecule has 0 aliphatic rings. The van der Waals surface area contributed by atoms with Crippen LogP contribution in [0.5, 0.6) is 0 Å². The largest absolute Gasteiger partial charge is 0.342 e. The maximum absolute atomic E-state index is 13.9. The quantitative estimate of drug-likeness (QED) is 0.528. The number of carbonyl (C=O) groups is 1. The fourth-order valence-corrected chi connectivity index (χ4v) is 3.48. The molecule has 1 amide bonds. The third-order valence-corrected chi connectivity index (χ3v) is 5.16. The van der Waals surface area contributed by atoms with Gasteiger partial charge in [-0.05, 0) is 49.4 Å². The minimum absolute atomic E-state index is 0.118. The Morgan fingerprint density at radius 3 is 2.31 bits per heavy atom. The standard InChI is InChI=1S/C22H17F3N4O3/c1-12-9-18-20(27(12)2)21(31)29(15-6-3-13(23)4-7-15)22(32)28(18)11-19(30)26-17-10-14(24)5-8-16(17)25/h3-10H,11H2,1-2H3,(H,26,30). The Labute approximate surface area is 178 Å². The number of aryl methyl sites for hydroxylation is 2. The Balaban J connectivity index is 1.87. The molecule has 2 aromatic heterocycles. The molecule has 164 valence electrons. The molecule has 0 saturated carbocycles. The SMILES string of the molecule is Cc1cc2c(c(=O)n(-c3ccc(F)cc3)c(=O)n2CC(=O)Nc2cc(F)ccc2F)n1C. The van der Waals surface area contributed by atoms with E-state index in [9.17, 15) is 27.6 Å². The number of fused-ring (bicyclic) bond motifs is 1. The molecule has 0 spiro atoms. The van der Waals surface area contributed by atoms with E-state index < -0.39 is 41.2 Å². The summed E-state index contributed by atoms with van der Waals surface area (Å²) in [5.41, 5.74) is -0.736. The molecule has 4 aromatic rings. The van der Waals surface area contributed by atoms with Crippen LogP contribution in [0.15, 0.2) is 58.1 Å². The molecular weight excluding hydrogens is 425 g/mol. The van der Waals surface area contributed by atoms with Crippen LogP contribution in [0.3, 0.4) is 0 Å². The number of hydrogen-bond donors (Lipinski definition) is 1. The number of nitrogens with zero attached hydrogens (tertiary/aromatic N) is 3. The van der Waals surface area contributed by atoms with Gasteiger partial charge in [0.05, 0.1) is 16.9 Å². The van der Waals surface area contributed by atoms with E-state index in [4.69, 9.17) is 0 Å². The van der Waals surface area contributed by atoms with Crippen LogP contribution in [-0.2, 0) is 18.4 Å². The molecule has 0 aliphatic heterocycles. The third kappa shape index (κ3) is 3.59. The summed E-state index contributed by atoms with van der Waals surface area (Å²) in [5.74, 6) is -2.94. The zero-order chi connectivity index (χ0) is 23.2. The van der Waals surface area contributed by atoms with Crippen LogP contribution in [0.1, 0.15) is 5.69 Å². The van der Waals surface area contributed by atoms with Crippen LogP contribution in [-0.4, -0.2) is 19.6 Å².